The Hall–Kier alpha value is -2.81. The van der Waals surface area contributed by atoms with Crippen molar-refractivity contribution in [2.24, 2.45) is 0 Å². The molecule has 4 rings (SSSR count). The third-order valence-corrected chi connectivity index (χ3v) is 4.88. The predicted molar refractivity (Wildman–Crippen MR) is 96.8 cm³/mol. The minimum atomic E-state index is -4.64. The van der Waals surface area contributed by atoms with Crippen LogP contribution in [0.4, 0.5) is 24.5 Å². The van der Waals surface area contributed by atoms with E-state index in [1.807, 2.05) is 0 Å². The maximum absolute atomic E-state index is 13.8. The highest BCUT2D eigenvalue weighted by molar-refractivity contribution is 6.01. The van der Waals surface area contributed by atoms with Crippen molar-refractivity contribution in [3.63, 3.8) is 0 Å². The molecule has 0 saturated carbocycles. The highest BCUT2D eigenvalue weighted by atomic mass is 19.4. The van der Waals surface area contributed by atoms with Crippen LogP contribution in [0.15, 0.2) is 30.5 Å². The fourth-order valence-electron chi connectivity index (χ4n) is 3.72. The van der Waals surface area contributed by atoms with Crippen molar-refractivity contribution >= 4 is 17.3 Å². The largest absolute Gasteiger partial charge is 0.476 e. The third-order valence-electron chi connectivity index (χ3n) is 4.88. The van der Waals surface area contributed by atoms with Gasteiger partial charge in [0.2, 0.25) is 5.88 Å². The van der Waals surface area contributed by atoms with Crippen LogP contribution in [-0.2, 0) is 6.18 Å². The van der Waals surface area contributed by atoms with E-state index in [0.29, 0.717) is 43.4 Å². The van der Waals surface area contributed by atoms with Gasteiger partial charge in [-0.1, -0.05) is 0 Å². The zero-order valence-electron chi connectivity index (χ0n) is 15.1. The Labute approximate surface area is 159 Å². The molecule has 0 unspecified atom stereocenters. The minimum Gasteiger partial charge on any atom is -0.476 e. The van der Waals surface area contributed by atoms with Gasteiger partial charge in [0.05, 0.1) is 23.8 Å². The Morgan fingerprint density at radius 2 is 2.21 bits per heavy atom. The van der Waals surface area contributed by atoms with Crippen molar-refractivity contribution in [3.05, 3.63) is 47.2 Å². The van der Waals surface area contributed by atoms with Crippen molar-refractivity contribution in [3.8, 4) is 5.88 Å². The zero-order valence-corrected chi connectivity index (χ0v) is 15.1. The highest BCUT2D eigenvalue weighted by Crippen LogP contribution is 2.44. The van der Waals surface area contributed by atoms with E-state index in [2.05, 4.69) is 15.6 Å². The molecule has 2 aromatic rings. The average Bonchev–Trinajstić information content (AvgIpc) is 2.95. The molecule has 2 N–H and O–H groups in total. The SMILES string of the molecule is CCOc1ncccc1Nc1cc2c(c(C(F)(F)F)c1)C(=O)N1CCNC[C@@H]21. The fraction of sp³-hybridized carbons (Fsp3) is 0.368. The van der Waals surface area contributed by atoms with Gasteiger partial charge in [0.25, 0.3) is 5.91 Å². The number of fused-ring (bicyclic) bond motifs is 3. The minimum absolute atomic E-state index is 0.236. The number of piperazine rings is 1. The normalized spacial score (nSPS) is 18.6. The molecule has 1 aromatic heterocycles. The number of carbonyl (C=O) groups excluding carboxylic acids is 1. The quantitative estimate of drug-likeness (QED) is 0.836. The van der Waals surface area contributed by atoms with E-state index in [0.717, 1.165) is 6.07 Å². The maximum Gasteiger partial charge on any atom is 0.417 e. The van der Waals surface area contributed by atoms with E-state index in [1.54, 1.807) is 31.3 Å². The predicted octanol–water partition coefficient (Wildman–Crippen LogP) is 3.34. The second kappa shape index (κ2) is 6.97. The molecule has 3 heterocycles. The molecular weight excluding hydrogens is 373 g/mol. The molecule has 1 atom stereocenters. The monoisotopic (exact) mass is 392 g/mol. The lowest BCUT2D eigenvalue weighted by atomic mass is 9.97. The lowest BCUT2D eigenvalue weighted by Gasteiger charge is -2.30. The van der Waals surface area contributed by atoms with E-state index in [1.165, 1.54) is 4.90 Å². The Bertz CT molecular complexity index is 917. The van der Waals surface area contributed by atoms with Crippen LogP contribution in [0.5, 0.6) is 5.88 Å². The number of anilines is 2. The van der Waals surface area contributed by atoms with Crippen LogP contribution in [0.3, 0.4) is 0 Å². The van der Waals surface area contributed by atoms with E-state index in [-0.39, 0.29) is 11.3 Å². The lowest BCUT2D eigenvalue weighted by Crippen LogP contribution is -2.44. The third kappa shape index (κ3) is 3.15. The van der Waals surface area contributed by atoms with Crippen molar-refractivity contribution in [2.75, 3.05) is 31.6 Å². The van der Waals surface area contributed by atoms with E-state index < -0.39 is 23.7 Å². The van der Waals surface area contributed by atoms with Crippen LogP contribution < -0.4 is 15.4 Å². The Kier molecular flexibility index (Phi) is 4.62. The molecule has 6 nitrogen and oxygen atoms in total. The number of pyridine rings is 1. The van der Waals surface area contributed by atoms with Crippen molar-refractivity contribution in [2.45, 2.75) is 19.1 Å². The molecule has 2 aliphatic heterocycles. The van der Waals surface area contributed by atoms with Crippen LogP contribution in [0.25, 0.3) is 0 Å². The lowest BCUT2D eigenvalue weighted by molar-refractivity contribution is -0.137. The zero-order chi connectivity index (χ0) is 19.9. The Morgan fingerprint density at radius 3 is 2.96 bits per heavy atom. The van der Waals surface area contributed by atoms with E-state index >= 15 is 0 Å². The average molecular weight is 392 g/mol. The van der Waals surface area contributed by atoms with Gasteiger partial charge >= 0.3 is 6.18 Å². The summed E-state index contributed by atoms with van der Waals surface area (Å²) >= 11 is 0. The number of halogens is 3. The summed E-state index contributed by atoms with van der Waals surface area (Å²) in [6.45, 7) is 3.55. The maximum atomic E-state index is 13.8. The molecular formula is C19H19F3N4O2. The van der Waals surface area contributed by atoms with Crippen molar-refractivity contribution < 1.29 is 22.7 Å². The summed E-state index contributed by atoms with van der Waals surface area (Å²) in [4.78, 5) is 18.3. The smallest absolute Gasteiger partial charge is 0.417 e. The van der Waals surface area contributed by atoms with Crippen LogP contribution in [-0.4, -0.2) is 42.0 Å². The van der Waals surface area contributed by atoms with Gasteiger partial charge in [0.1, 0.15) is 5.69 Å². The topological polar surface area (TPSA) is 66.5 Å². The van der Waals surface area contributed by atoms with Crippen LogP contribution in [0, 0.1) is 0 Å². The molecule has 28 heavy (non-hydrogen) atoms. The second-order valence-electron chi connectivity index (χ2n) is 6.62. The molecule has 0 aliphatic carbocycles. The Balaban J connectivity index is 1.80. The molecule has 0 radical (unpaired) electrons. The fourth-order valence-corrected chi connectivity index (χ4v) is 3.72. The number of aromatic nitrogens is 1. The summed E-state index contributed by atoms with van der Waals surface area (Å²) in [7, 11) is 0. The first-order chi connectivity index (χ1) is 13.4. The van der Waals surface area contributed by atoms with Crippen molar-refractivity contribution in [1.82, 2.24) is 15.2 Å². The number of alkyl halides is 3. The standard InChI is InChI=1S/C19H19F3N4O2/c1-2-28-17-14(4-3-5-24-17)25-11-8-12-15-10-23-6-7-26(15)18(27)16(12)13(9-11)19(20,21)22/h3-5,8-9,15,23,25H,2,6-7,10H2,1H3/t15-/m0/s1. The number of benzene rings is 1. The number of hydrogen-bond acceptors (Lipinski definition) is 5. The van der Waals surface area contributed by atoms with Crippen LogP contribution >= 0.6 is 0 Å². The number of carbonyl (C=O) groups is 1. The number of rotatable bonds is 4. The first kappa shape index (κ1) is 18.5. The number of nitrogens with zero attached hydrogens (tertiary/aromatic N) is 2. The number of ether oxygens (including phenoxy) is 1. The number of nitrogens with one attached hydrogen (secondary N) is 2. The van der Waals surface area contributed by atoms with Gasteiger partial charge in [-0.05, 0) is 36.8 Å². The molecule has 0 bridgehead atoms. The molecule has 1 fully saturated rings. The Morgan fingerprint density at radius 1 is 1.39 bits per heavy atom. The van der Waals surface area contributed by atoms with Crippen LogP contribution in [0.1, 0.15) is 34.5 Å². The summed E-state index contributed by atoms with van der Waals surface area (Å²) in [5.41, 5.74) is -0.0891. The van der Waals surface area contributed by atoms with Gasteiger partial charge in [-0.15, -0.1) is 0 Å². The van der Waals surface area contributed by atoms with Crippen molar-refractivity contribution in [1.29, 1.82) is 0 Å². The summed E-state index contributed by atoms with van der Waals surface area (Å²) in [5, 5.41) is 6.12. The molecule has 1 aromatic carbocycles. The van der Waals surface area contributed by atoms with Gasteiger partial charge in [-0.3, -0.25) is 4.79 Å². The second-order valence-corrected chi connectivity index (χ2v) is 6.62. The van der Waals surface area contributed by atoms with Gasteiger partial charge in [-0.2, -0.15) is 13.2 Å². The molecule has 1 amide bonds. The number of hydrogen-bond donors (Lipinski definition) is 2. The molecule has 148 valence electrons. The first-order valence-corrected chi connectivity index (χ1v) is 9.01. The van der Waals surface area contributed by atoms with Crippen LogP contribution in [0.2, 0.25) is 0 Å². The van der Waals surface area contributed by atoms with E-state index in [9.17, 15) is 18.0 Å². The van der Waals surface area contributed by atoms with Gasteiger partial charge in [0, 0.05) is 31.5 Å². The summed E-state index contributed by atoms with van der Waals surface area (Å²) in [5.74, 6) is -0.257. The molecule has 1 saturated heterocycles. The van der Waals surface area contributed by atoms with Gasteiger partial charge in [-0.25, -0.2) is 4.98 Å². The van der Waals surface area contributed by atoms with E-state index in [4.69, 9.17) is 4.74 Å². The summed E-state index contributed by atoms with van der Waals surface area (Å²) < 4.78 is 46.7. The highest BCUT2D eigenvalue weighted by Gasteiger charge is 2.45. The molecule has 9 heteroatoms. The summed E-state index contributed by atoms with van der Waals surface area (Å²) in [6, 6.07) is 5.53. The first-order valence-electron chi connectivity index (χ1n) is 9.01. The molecule has 2 aliphatic rings. The molecule has 0 spiro atoms. The van der Waals surface area contributed by atoms with Gasteiger partial charge < -0.3 is 20.3 Å². The summed E-state index contributed by atoms with van der Waals surface area (Å²) in [6.07, 6.45) is -3.10. The number of amides is 1. The van der Waals surface area contributed by atoms with Gasteiger partial charge in [0.15, 0.2) is 0 Å².